The van der Waals surface area contributed by atoms with Crippen molar-refractivity contribution in [3.63, 3.8) is 0 Å². The van der Waals surface area contributed by atoms with Gasteiger partial charge in [0.2, 0.25) is 0 Å². The van der Waals surface area contributed by atoms with E-state index in [4.69, 9.17) is 10.5 Å². The predicted molar refractivity (Wildman–Crippen MR) is 117 cm³/mol. The average Bonchev–Trinajstić information content (AvgIpc) is 2.98. The fourth-order valence-corrected chi connectivity index (χ4v) is 4.66. The van der Waals surface area contributed by atoms with Crippen LogP contribution in [0.2, 0.25) is 0 Å². The summed E-state index contributed by atoms with van der Waals surface area (Å²) in [6.45, 7) is 3.79. The summed E-state index contributed by atoms with van der Waals surface area (Å²) in [4.78, 5) is 25.5. The third-order valence-corrected chi connectivity index (χ3v) is 6.47. The molecule has 1 aromatic heterocycles. The minimum Gasteiger partial charge on any atom is -0.497 e. The Balaban J connectivity index is 1.90. The molecule has 2 aromatic rings. The second kappa shape index (κ2) is 9.28. The molecule has 0 saturated carbocycles. The number of amides is 3. The first kappa shape index (κ1) is 21.1. The molecule has 2 heterocycles. The molecule has 8 heteroatoms. The number of methoxy groups -OCH3 is 1. The molecule has 0 unspecified atom stereocenters. The van der Waals surface area contributed by atoms with Crippen molar-refractivity contribution >= 4 is 28.3 Å². The number of urea groups is 1. The van der Waals surface area contributed by atoms with Crippen molar-refractivity contribution in [2.45, 2.75) is 38.1 Å². The van der Waals surface area contributed by atoms with E-state index in [1.165, 1.54) is 11.3 Å². The van der Waals surface area contributed by atoms with Gasteiger partial charge in [-0.1, -0.05) is 6.92 Å². The lowest BCUT2D eigenvalue weighted by atomic mass is 9.90. The standard InChI is InChI=1S/C21H28N4O3S/c1-3-21(10-4-5-11-23-13-21)25-18(26)16-12-17(29-19(16)24-20(22)27)14-6-8-15(28-2)9-7-14/h6-9,12,23H,3-5,10-11,13H2,1-2H3,(H,25,26)(H3,22,24,27)/t21-/m0/s1. The lowest BCUT2D eigenvalue weighted by molar-refractivity contribution is 0.0891. The van der Waals surface area contributed by atoms with Gasteiger partial charge in [-0.25, -0.2) is 4.79 Å². The maximum atomic E-state index is 13.2. The molecule has 1 atom stereocenters. The van der Waals surface area contributed by atoms with Crippen LogP contribution in [-0.2, 0) is 0 Å². The molecule has 29 heavy (non-hydrogen) atoms. The Labute approximate surface area is 175 Å². The third kappa shape index (κ3) is 5.07. The SMILES string of the molecule is CC[C@]1(NC(=O)c2cc(-c3ccc(OC)cc3)sc2NC(N)=O)CCCCNC1. The Kier molecular flexibility index (Phi) is 6.76. The minimum absolute atomic E-state index is 0.199. The summed E-state index contributed by atoms with van der Waals surface area (Å²) < 4.78 is 5.20. The average molecular weight is 417 g/mol. The van der Waals surface area contributed by atoms with Crippen molar-refractivity contribution in [3.05, 3.63) is 35.9 Å². The molecule has 0 radical (unpaired) electrons. The summed E-state index contributed by atoms with van der Waals surface area (Å²) in [6, 6.07) is 8.68. The lowest BCUT2D eigenvalue weighted by Gasteiger charge is -2.33. The number of hydrogen-bond acceptors (Lipinski definition) is 5. The first-order valence-corrected chi connectivity index (χ1v) is 10.7. The van der Waals surface area contributed by atoms with E-state index in [1.54, 1.807) is 13.2 Å². The van der Waals surface area contributed by atoms with E-state index in [0.717, 1.165) is 55.0 Å². The van der Waals surface area contributed by atoms with Gasteiger partial charge in [0.25, 0.3) is 5.91 Å². The number of primary amides is 1. The third-order valence-electron chi connectivity index (χ3n) is 5.37. The number of nitrogens with two attached hydrogens (primary N) is 1. The molecule has 1 aliphatic rings. The first-order chi connectivity index (χ1) is 14.0. The number of benzene rings is 1. The van der Waals surface area contributed by atoms with Crippen LogP contribution in [0, 0.1) is 0 Å². The molecule has 156 valence electrons. The number of carbonyl (C=O) groups is 2. The highest BCUT2D eigenvalue weighted by atomic mass is 32.1. The zero-order valence-electron chi connectivity index (χ0n) is 16.8. The molecule has 3 amide bonds. The zero-order chi connectivity index (χ0) is 20.9. The number of anilines is 1. The summed E-state index contributed by atoms with van der Waals surface area (Å²) in [5, 5.41) is 9.70. The van der Waals surface area contributed by atoms with Gasteiger partial charge in [-0.3, -0.25) is 10.1 Å². The molecule has 7 nitrogen and oxygen atoms in total. The summed E-state index contributed by atoms with van der Waals surface area (Å²) in [5.74, 6) is 0.555. The number of carbonyl (C=O) groups excluding carboxylic acids is 2. The summed E-state index contributed by atoms with van der Waals surface area (Å²) in [5.41, 5.74) is 6.40. The van der Waals surface area contributed by atoms with Crippen LogP contribution in [0.3, 0.4) is 0 Å². The minimum atomic E-state index is -0.691. The van der Waals surface area contributed by atoms with Gasteiger partial charge in [0.1, 0.15) is 10.8 Å². The molecule has 1 saturated heterocycles. The quantitative estimate of drug-likeness (QED) is 0.578. The van der Waals surface area contributed by atoms with Crippen molar-refractivity contribution in [2.24, 2.45) is 5.73 Å². The van der Waals surface area contributed by atoms with Gasteiger partial charge in [-0.05, 0) is 68.1 Å². The molecular weight excluding hydrogens is 388 g/mol. The molecule has 0 spiro atoms. The molecule has 0 bridgehead atoms. The monoisotopic (exact) mass is 416 g/mol. The van der Waals surface area contributed by atoms with Gasteiger partial charge in [0.05, 0.1) is 18.2 Å². The van der Waals surface area contributed by atoms with Gasteiger partial charge in [0, 0.05) is 11.4 Å². The van der Waals surface area contributed by atoms with E-state index in [1.807, 2.05) is 24.3 Å². The van der Waals surface area contributed by atoms with E-state index in [2.05, 4.69) is 22.9 Å². The van der Waals surface area contributed by atoms with E-state index >= 15 is 0 Å². The second-order valence-electron chi connectivity index (χ2n) is 7.29. The number of thiophene rings is 1. The van der Waals surface area contributed by atoms with E-state index < -0.39 is 6.03 Å². The van der Waals surface area contributed by atoms with Crippen molar-refractivity contribution in [1.29, 1.82) is 0 Å². The van der Waals surface area contributed by atoms with Crippen LogP contribution in [-0.4, -0.2) is 37.7 Å². The summed E-state index contributed by atoms with van der Waals surface area (Å²) in [6.07, 6.45) is 3.93. The first-order valence-electron chi connectivity index (χ1n) is 9.84. The Hall–Kier alpha value is -2.58. The van der Waals surface area contributed by atoms with Crippen molar-refractivity contribution in [3.8, 4) is 16.2 Å². The maximum Gasteiger partial charge on any atom is 0.317 e. The number of hydrogen-bond donors (Lipinski definition) is 4. The zero-order valence-corrected chi connectivity index (χ0v) is 17.7. The van der Waals surface area contributed by atoms with Gasteiger partial charge in [-0.15, -0.1) is 11.3 Å². The fraction of sp³-hybridized carbons (Fsp3) is 0.429. The molecule has 0 aliphatic carbocycles. The van der Waals surface area contributed by atoms with E-state index in [9.17, 15) is 9.59 Å². The van der Waals surface area contributed by atoms with Crippen LogP contribution in [0.15, 0.2) is 30.3 Å². The second-order valence-corrected chi connectivity index (χ2v) is 8.35. The van der Waals surface area contributed by atoms with Crippen molar-refractivity contribution < 1.29 is 14.3 Å². The molecule has 1 fully saturated rings. The van der Waals surface area contributed by atoms with Gasteiger partial charge in [-0.2, -0.15) is 0 Å². The Morgan fingerprint density at radius 2 is 2.03 bits per heavy atom. The maximum absolute atomic E-state index is 13.2. The highest BCUT2D eigenvalue weighted by Crippen LogP contribution is 2.36. The van der Waals surface area contributed by atoms with Crippen molar-refractivity contribution in [2.75, 3.05) is 25.5 Å². The molecule has 5 N–H and O–H groups in total. The molecule has 1 aliphatic heterocycles. The Morgan fingerprint density at radius 3 is 2.69 bits per heavy atom. The molecular formula is C21H28N4O3S. The van der Waals surface area contributed by atoms with E-state index in [-0.39, 0.29) is 11.4 Å². The van der Waals surface area contributed by atoms with Crippen LogP contribution in [0.1, 0.15) is 43.0 Å². The normalized spacial score (nSPS) is 19.2. The largest absolute Gasteiger partial charge is 0.497 e. The smallest absolute Gasteiger partial charge is 0.317 e. The number of nitrogens with one attached hydrogen (secondary N) is 3. The number of ether oxygens (including phenoxy) is 1. The van der Waals surface area contributed by atoms with Crippen LogP contribution >= 0.6 is 11.3 Å². The van der Waals surface area contributed by atoms with Crippen LogP contribution in [0.4, 0.5) is 9.80 Å². The van der Waals surface area contributed by atoms with Gasteiger partial charge in [0.15, 0.2) is 0 Å². The summed E-state index contributed by atoms with van der Waals surface area (Å²) in [7, 11) is 1.61. The Morgan fingerprint density at radius 1 is 1.28 bits per heavy atom. The van der Waals surface area contributed by atoms with E-state index in [0.29, 0.717) is 10.6 Å². The fourth-order valence-electron chi connectivity index (χ4n) is 3.60. The van der Waals surface area contributed by atoms with Crippen LogP contribution in [0.25, 0.3) is 10.4 Å². The molecule has 1 aromatic carbocycles. The Bertz CT molecular complexity index is 855. The number of rotatable bonds is 6. The van der Waals surface area contributed by atoms with Gasteiger partial charge >= 0.3 is 6.03 Å². The lowest BCUT2D eigenvalue weighted by Crippen LogP contribution is -2.53. The highest BCUT2D eigenvalue weighted by Gasteiger charge is 2.32. The molecule has 3 rings (SSSR count). The van der Waals surface area contributed by atoms with Crippen LogP contribution < -0.4 is 26.4 Å². The van der Waals surface area contributed by atoms with Crippen LogP contribution in [0.5, 0.6) is 5.75 Å². The van der Waals surface area contributed by atoms with Crippen molar-refractivity contribution in [1.82, 2.24) is 10.6 Å². The predicted octanol–water partition coefficient (Wildman–Crippen LogP) is 3.57. The topological polar surface area (TPSA) is 105 Å². The highest BCUT2D eigenvalue weighted by molar-refractivity contribution is 7.20. The van der Waals surface area contributed by atoms with Gasteiger partial charge < -0.3 is 21.1 Å². The summed E-state index contributed by atoms with van der Waals surface area (Å²) >= 11 is 1.33.